The molecule has 0 saturated carbocycles. The van der Waals surface area contributed by atoms with E-state index < -0.39 is 0 Å². The van der Waals surface area contributed by atoms with Crippen molar-refractivity contribution in [2.24, 2.45) is 0 Å². The number of nitrogens with zero attached hydrogens (tertiary/aromatic N) is 1. The molecule has 0 saturated heterocycles. The minimum absolute atomic E-state index is 0.0893. The minimum Gasteiger partial charge on any atom is -0.371 e. The number of benzene rings is 1. The third kappa shape index (κ3) is 3.44. The lowest BCUT2D eigenvalue weighted by atomic mass is 10.3. The molecule has 0 aromatic heterocycles. The molecule has 1 rings (SSSR count). The molecule has 0 aliphatic heterocycles. The molecule has 1 aromatic rings. The van der Waals surface area contributed by atoms with Gasteiger partial charge in [-0.25, -0.2) is 0 Å². The average Bonchev–Trinajstić information content (AvgIpc) is 2.18. The monoisotopic (exact) mass is 189 g/mol. The van der Waals surface area contributed by atoms with Crippen LogP contribution in [0, 0.1) is 0 Å². The molecule has 0 N–H and O–H groups in total. The molecule has 14 heavy (non-hydrogen) atoms. The Morgan fingerprint density at radius 1 is 1.36 bits per heavy atom. The molecule has 0 unspecified atom stereocenters. The number of para-hydroxylation sites is 1. The maximum atomic E-state index is 10.7. The van der Waals surface area contributed by atoms with Gasteiger partial charge in [0, 0.05) is 19.3 Å². The van der Waals surface area contributed by atoms with Gasteiger partial charge >= 0.3 is 0 Å². The summed E-state index contributed by atoms with van der Waals surface area (Å²) in [5.41, 5.74) is 1.15. The Labute approximate surface area is 84.9 Å². The Morgan fingerprint density at radius 2 is 2.00 bits per heavy atom. The van der Waals surface area contributed by atoms with Crippen LogP contribution in [0.1, 0.15) is 6.92 Å². The van der Waals surface area contributed by atoms with Crippen molar-refractivity contribution in [2.45, 2.75) is 6.92 Å². The summed E-state index contributed by atoms with van der Waals surface area (Å²) in [4.78, 5) is 12.7. The normalized spacial score (nSPS) is 10.4. The highest BCUT2D eigenvalue weighted by Crippen LogP contribution is 2.10. The number of anilines is 1. The molecule has 0 bridgehead atoms. The SMILES string of the molecule is CC(=O)/C=C/CN(C)c1ccccc1. The zero-order valence-corrected chi connectivity index (χ0v) is 8.60. The smallest absolute Gasteiger partial charge is 0.152 e. The highest BCUT2D eigenvalue weighted by atomic mass is 16.1. The number of ketones is 1. The molecule has 0 fully saturated rings. The van der Waals surface area contributed by atoms with Gasteiger partial charge in [0.2, 0.25) is 0 Å². The van der Waals surface area contributed by atoms with E-state index in [4.69, 9.17) is 0 Å². The molecule has 1 aromatic carbocycles. The fourth-order valence-corrected chi connectivity index (χ4v) is 1.16. The van der Waals surface area contributed by atoms with Crippen molar-refractivity contribution in [3.05, 3.63) is 42.5 Å². The first-order valence-electron chi connectivity index (χ1n) is 4.63. The van der Waals surface area contributed by atoms with E-state index in [2.05, 4.69) is 4.90 Å². The number of allylic oxidation sites excluding steroid dienone is 1. The van der Waals surface area contributed by atoms with Gasteiger partial charge in [-0.2, -0.15) is 0 Å². The van der Waals surface area contributed by atoms with E-state index in [0.717, 1.165) is 12.2 Å². The van der Waals surface area contributed by atoms with Gasteiger partial charge in [-0.15, -0.1) is 0 Å². The van der Waals surface area contributed by atoms with Gasteiger partial charge < -0.3 is 4.90 Å². The van der Waals surface area contributed by atoms with Gasteiger partial charge in [0.05, 0.1) is 0 Å². The molecule has 0 aliphatic carbocycles. The molecule has 2 heteroatoms. The van der Waals surface area contributed by atoms with Crippen LogP contribution in [0.15, 0.2) is 42.5 Å². The Kier molecular flexibility index (Phi) is 3.92. The van der Waals surface area contributed by atoms with Crippen molar-refractivity contribution >= 4 is 11.5 Å². The van der Waals surface area contributed by atoms with Crippen molar-refractivity contribution in [1.29, 1.82) is 0 Å². The van der Waals surface area contributed by atoms with Gasteiger partial charge in [-0.3, -0.25) is 4.79 Å². The minimum atomic E-state index is 0.0893. The number of hydrogen-bond donors (Lipinski definition) is 0. The molecule has 0 amide bonds. The van der Waals surface area contributed by atoms with E-state index in [9.17, 15) is 4.79 Å². The highest BCUT2D eigenvalue weighted by Gasteiger charge is 1.95. The number of hydrogen-bond acceptors (Lipinski definition) is 2. The predicted molar refractivity (Wildman–Crippen MR) is 59.5 cm³/mol. The van der Waals surface area contributed by atoms with Crippen molar-refractivity contribution in [3.8, 4) is 0 Å². The van der Waals surface area contributed by atoms with Gasteiger partial charge in [-0.1, -0.05) is 24.3 Å². The second-order valence-corrected chi connectivity index (χ2v) is 3.23. The van der Waals surface area contributed by atoms with Crippen LogP contribution in [0.25, 0.3) is 0 Å². The number of carbonyl (C=O) groups is 1. The second kappa shape index (κ2) is 5.22. The molecule has 0 spiro atoms. The fourth-order valence-electron chi connectivity index (χ4n) is 1.16. The third-order valence-corrected chi connectivity index (χ3v) is 1.93. The van der Waals surface area contributed by atoms with E-state index in [1.54, 1.807) is 13.0 Å². The summed E-state index contributed by atoms with van der Waals surface area (Å²) in [5, 5.41) is 0. The summed E-state index contributed by atoms with van der Waals surface area (Å²) in [6.45, 7) is 2.31. The van der Waals surface area contributed by atoms with E-state index in [1.807, 2.05) is 43.5 Å². The third-order valence-electron chi connectivity index (χ3n) is 1.93. The first kappa shape index (κ1) is 10.5. The maximum absolute atomic E-state index is 10.7. The zero-order valence-electron chi connectivity index (χ0n) is 8.60. The molecule has 0 aliphatic rings. The Balaban J connectivity index is 2.51. The van der Waals surface area contributed by atoms with Crippen molar-refractivity contribution in [3.63, 3.8) is 0 Å². The molecule has 0 radical (unpaired) electrons. The number of rotatable bonds is 4. The second-order valence-electron chi connectivity index (χ2n) is 3.23. The average molecular weight is 189 g/mol. The Bertz CT molecular complexity index is 316. The number of likely N-dealkylation sites (N-methyl/N-ethyl adjacent to an activating group) is 1. The van der Waals surface area contributed by atoms with E-state index >= 15 is 0 Å². The van der Waals surface area contributed by atoms with Gasteiger partial charge in [0.15, 0.2) is 5.78 Å². The van der Waals surface area contributed by atoms with Crippen LogP contribution >= 0.6 is 0 Å². The van der Waals surface area contributed by atoms with Crippen LogP contribution in [0.5, 0.6) is 0 Å². The van der Waals surface area contributed by atoms with Crippen LogP contribution in [0.4, 0.5) is 5.69 Å². The lowest BCUT2D eigenvalue weighted by Gasteiger charge is -2.16. The molecular weight excluding hydrogens is 174 g/mol. The molecule has 0 heterocycles. The van der Waals surface area contributed by atoms with Crippen LogP contribution in [0.2, 0.25) is 0 Å². The summed E-state index contributed by atoms with van der Waals surface area (Å²) >= 11 is 0. The Hall–Kier alpha value is -1.57. The van der Waals surface area contributed by atoms with Crippen molar-refractivity contribution in [1.82, 2.24) is 0 Å². The zero-order chi connectivity index (χ0) is 10.4. The van der Waals surface area contributed by atoms with Crippen LogP contribution < -0.4 is 4.90 Å². The van der Waals surface area contributed by atoms with Crippen LogP contribution in [-0.4, -0.2) is 19.4 Å². The topological polar surface area (TPSA) is 20.3 Å². The van der Waals surface area contributed by atoms with Gasteiger partial charge in [0.25, 0.3) is 0 Å². The van der Waals surface area contributed by atoms with E-state index in [-0.39, 0.29) is 5.78 Å². The quantitative estimate of drug-likeness (QED) is 0.677. The van der Waals surface area contributed by atoms with E-state index in [1.165, 1.54) is 0 Å². The lowest BCUT2D eigenvalue weighted by molar-refractivity contribution is -0.112. The summed E-state index contributed by atoms with van der Waals surface area (Å²) in [5.74, 6) is 0.0893. The van der Waals surface area contributed by atoms with Crippen molar-refractivity contribution in [2.75, 3.05) is 18.5 Å². The molecule has 0 atom stereocenters. The van der Waals surface area contributed by atoms with Crippen molar-refractivity contribution < 1.29 is 4.79 Å². The standard InChI is InChI=1S/C12H15NO/c1-11(14)7-6-10-13(2)12-8-4-3-5-9-12/h3-9H,10H2,1-2H3/b7-6+. The summed E-state index contributed by atoms with van der Waals surface area (Å²) in [6, 6.07) is 10.1. The van der Waals surface area contributed by atoms with Crippen LogP contribution in [0.3, 0.4) is 0 Å². The Morgan fingerprint density at radius 3 is 2.57 bits per heavy atom. The van der Waals surface area contributed by atoms with Crippen LogP contribution in [-0.2, 0) is 4.79 Å². The summed E-state index contributed by atoms with van der Waals surface area (Å²) in [6.07, 6.45) is 3.47. The largest absolute Gasteiger partial charge is 0.371 e. The first-order valence-corrected chi connectivity index (χ1v) is 4.63. The predicted octanol–water partition coefficient (Wildman–Crippen LogP) is 2.27. The molecule has 74 valence electrons. The van der Waals surface area contributed by atoms with Gasteiger partial charge in [-0.05, 0) is 25.1 Å². The van der Waals surface area contributed by atoms with Gasteiger partial charge in [0.1, 0.15) is 0 Å². The fraction of sp³-hybridized carbons (Fsp3) is 0.250. The molecular formula is C12H15NO. The molecule has 2 nitrogen and oxygen atoms in total. The number of carbonyl (C=O) groups excluding carboxylic acids is 1. The lowest BCUT2D eigenvalue weighted by Crippen LogP contribution is -2.16. The first-order chi connectivity index (χ1) is 6.70. The summed E-state index contributed by atoms with van der Waals surface area (Å²) in [7, 11) is 2.00. The maximum Gasteiger partial charge on any atom is 0.152 e. The summed E-state index contributed by atoms with van der Waals surface area (Å²) < 4.78 is 0. The van der Waals surface area contributed by atoms with E-state index in [0.29, 0.717) is 0 Å². The highest BCUT2D eigenvalue weighted by molar-refractivity contribution is 5.87.